The van der Waals surface area contributed by atoms with Gasteiger partial charge < -0.3 is 9.64 Å². The van der Waals surface area contributed by atoms with Crippen molar-refractivity contribution in [2.45, 2.75) is 58.7 Å². The number of carbonyl (C=O) groups excluding carboxylic acids is 1. The first-order valence-corrected chi connectivity index (χ1v) is 9.34. The predicted octanol–water partition coefficient (Wildman–Crippen LogP) is 4.43. The van der Waals surface area contributed by atoms with Crippen LogP contribution in [0.1, 0.15) is 53.5 Å². The summed E-state index contributed by atoms with van der Waals surface area (Å²) in [6, 6.07) is 10.3. The predicted molar refractivity (Wildman–Crippen MR) is 96.6 cm³/mol. The zero-order chi connectivity index (χ0) is 17.1. The van der Waals surface area contributed by atoms with Gasteiger partial charge in [0.2, 0.25) is 0 Å². The number of carbonyl (C=O) groups is 1. The van der Waals surface area contributed by atoms with Crippen LogP contribution in [0.2, 0.25) is 0 Å². The Morgan fingerprint density at radius 2 is 1.92 bits per heavy atom. The molecule has 128 valence electrons. The zero-order valence-corrected chi connectivity index (χ0v) is 15.3. The molecule has 0 spiro atoms. The number of hydrogen-bond acceptors (Lipinski definition) is 4. The normalized spacial score (nSPS) is 20.9. The van der Waals surface area contributed by atoms with Gasteiger partial charge in [-0.05, 0) is 52.2 Å². The second-order valence-electron chi connectivity index (χ2n) is 6.47. The van der Waals surface area contributed by atoms with Gasteiger partial charge in [-0.15, -0.1) is 11.3 Å². The fourth-order valence-electron chi connectivity index (χ4n) is 3.31. The lowest BCUT2D eigenvalue weighted by Gasteiger charge is -2.38. The van der Waals surface area contributed by atoms with Gasteiger partial charge in [0.25, 0.3) is 5.91 Å². The van der Waals surface area contributed by atoms with Crippen LogP contribution in [0, 0.1) is 6.92 Å². The van der Waals surface area contributed by atoms with Crippen molar-refractivity contribution in [2.75, 3.05) is 0 Å². The van der Waals surface area contributed by atoms with Gasteiger partial charge in [0.15, 0.2) is 0 Å². The molecule has 2 aromatic rings. The molecule has 1 aromatic heterocycles. The number of aryl methyl sites for hydroxylation is 1. The third-order valence-electron chi connectivity index (χ3n) is 4.57. The fraction of sp³-hybridized carbons (Fsp3) is 0.474. The number of piperidine rings is 1. The molecule has 5 heteroatoms. The van der Waals surface area contributed by atoms with Crippen LogP contribution in [0.3, 0.4) is 0 Å². The maximum absolute atomic E-state index is 13.0. The highest BCUT2D eigenvalue weighted by Gasteiger charge is 2.31. The molecule has 2 unspecified atom stereocenters. The quantitative estimate of drug-likeness (QED) is 0.824. The number of ether oxygens (including phenoxy) is 1. The lowest BCUT2D eigenvalue weighted by Crippen LogP contribution is -2.47. The third kappa shape index (κ3) is 3.61. The van der Waals surface area contributed by atoms with E-state index in [1.165, 1.54) is 17.8 Å². The van der Waals surface area contributed by atoms with Gasteiger partial charge >= 0.3 is 0 Å². The molecule has 0 aliphatic carbocycles. The molecule has 2 atom stereocenters. The van der Waals surface area contributed by atoms with Crippen molar-refractivity contribution < 1.29 is 9.53 Å². The minimum absolute atomic E-state index is 0.121. The molecule has 1 amide bonds. The highest BCUT2D eigenvalue weighted by Crippen LogP contribution is 2.28. The van der Waals surface area contributed by atoms with E-state index in [0.29, 0.717) is 18.7 Å². The summed E-state index contributed by atoms with van der Waals surface area (Å²) < 4.78 is 5.75. The van der Waals surface area contributed by atoms with Crippen LogP contribution in [0.25, 0.3) is 0 Å². The van der Waals surface area contributed by atoms with Crippen molar-refractivity contribution in [1.82, 2.24) is 9.88 Å². The Bertz CT molecular complexity index is 689. The molecule has 3 rings (SSSR count). The Morgan fingerprint density at radius 1 is 1.25 bits per heavy atom. The van der Waals surface area contributed by atoms with Crippen molar-refractivity contribution in [1.29, 1.82) is 0 Å². The van der Waals surface area contributed by atoms with E-state index in [-0.39, 0.29) is 5.91 Å². The first-order valence-electron chi connectivity index (χ1n) is 8.53. The van der Waals surface area contributed by atoms with E-state index < -0.39 is 0 Å². The summed E-state index contributed by atoms with van der Waals surface area (Å²) in [6.45, 7) is 6.59. The van der Waals surface area contributed by atoms with E-state index in [0.717, 1.165) is 34.2 Å². The number of amides is 1. The molecule has 1 fully saturated rings. The first-order chi connectivity index (χ1) is 11.6. The summed E-state index contributed by atoms with van der Waals surface area (Å²) >= 11 is 1.46. The number of rotatable bonds is 4. The Morgan fingerprint density at radius 3 is 2.58 bits per heavy atom. The summed E-state index contributed by atoms with van der Waals surface area (Å²) in [5, 5.41) is 0.844. The smallest absolute Gasteiger partial charge is 0.266 e. The Hall–Kier alpha value is -1.88. The topological polar surface area (TPSA) is 42.4 Å². The summed E-state index contributed by atoms with van der Waals surface area (Å²) in [4.78, 5) is 20.3. The standard InChI is InChI=1S/C19H24N2O2S/c1-13-8-7-9-14(2)21(13)19(22)18-15(3)20-17(24-18)12-23-16-10-5-4-6-11-16/h4-6,10-11,13-14H,7-9,12H2,1-3H3. The zero-order valence-electron chi connectivity index (χ0n) is 14.5. The van der Waals surface area contributed by atoms with Gasteiger partial charge in [-0.2, -0.15) is 0 Å². The molecule has 1 saturated heterocycles. The van der Waals surface area contributed by atoms with Gasteiger partial charge in [-0.3, -0.25) is 4.79 Å². The molecule has 1 aliphatic heterocycles. The SMILES string of the molecule is Cc1nc(COc2ccccc2)sc1C(=O)N1C(C)CCCC1C. The Balaban J connectivity index is 1.72. The highest BCUT2D eigenvalue weighted by molar-refractivity contribution is 7.13. The number of thiazole rings is 1. The molecule has 0 N–H and O–H groups in total. The second-order valence-corrected chi connectivity index (χ2v) is 7.55. The van der Waals surface area contributed by atoms with E-state index in [4.69, 9.17) is 4.74 Å². The van der Waals surface area contributed by atoms with E-state index in [1.54, 1.807) is 0 Å². The summed E-state index contributed by atoms with van der Waals surface area (Å²) in [5.74, 6) is 0.937. The fourth-order valence-corrected chi connectivity index (χ4v) is 4.24. The van der Waals surface area contributed by atoms with Crippen LogP contribution in [0.4, 0.5) is 0 Å². The minimum Gasteiger partial charge on any atom is -0.486 e. The number of benzene rings is 1. The molecule has 0 saturated carbocycles. The van der Waals surface area contributed by atoms with Crippen LogP contribution < -0.4 is 4.74 Å². The van der Waals surface area contributed by atoms with E-state index in [2.05, 4.69) is 18.8 Å². The molecular weight excluding hydrogens is 320 g/mol. The Labute approximate surface area is 147 Å². The Kier molecular flexibility index (Phi) is 5.19. The average molecular weight is 344 g/mol. The summed E-state index contributed by atoms with van der Waals surface area (Å²) in [7, 11) is 0. The maximum Gasteiger partial charge on any atom is 0.266 e. The molecule has 1 aliphatic rings. The number of nitrogens with zero attached hydrogens (tertiary/aromatic N) is 2. The van der Waals surface area contributed by atoms with E-state index in [9.17, 15) is 4.79 Å². The maximum atomic E-state index is 13.0. The van der Waals surface area contributed by atoms with Gasteiger partial charge in [0, 0.05) is 12.1 Å². The van der Waals surface area contributed by atoms with Crippen molar-refractivity contribution in [3.8, 4) is 5.75 Å². The minimum atomic E-state index is 0.121. The van der Waals surface area contributed by atoms with Gasteiger partial charge in [-0.1, -0.05) is 18.2 Å². The number of likely N-dealkylation sites (tertiary alicyclic amines) is 1. The molecule has 2 heterocycles. The molecular formula is C19H24N2O2S. The molecule has 0 radical (unpaired) electrons. The monoisotopic (exact) mass is 344 g/mol. The van der Waals surface area contributed by atoms with Crippen molar-refractivity contribution >= 4 is 17.2 Å². The lowest BCUT2D eigenvalue weighted by molar-refractivity contribution is 0.0515. The first kappa shape index (κ1) is 17.0. The van der Waals surface area contributed by atoms with Crippen molar-refractivity contribution in [3.63, 3.8) is 0 Å². The van der Waals surface area contributed by atoms with Crippen molar-refractivity contribution in [3.05, 3.63) is 45.9 Å². The van der Waals surface area contributed by atoms with Gasteiger partial charge in [0.1, 0.15) is 22.2 Å². The van der Waals surface area contributed by atoms with E-state index >= 15 is 0 Å². The number of para-hydroxylation sites is 1. The second kappa shape index (κ2) is 7.34. The molecule has 24 heavy (non-hydrogen) atoms. The summed E-state index contributed by atoms with van der Waals surface area (Å²) in [6.07, 6.45) is 3.36. The highest BCUT2D eigenvalue weighted by atomic mass is 32.1. The summed E-state index contributed by atoms with van der Waals surface area (Å²) in [5.41, 5.74) is 0.807. The largest absolute Gasteiger partial charge is 0.486 e. The van der Waals surface area contributed by atoms with Crippen LogP contribution in [-0.4, -0.2) is 27.9 Å². The van der Waals surface area contributed by atoms with Crippen molar-refractivity contribution in [2.24, 2.45) is 0 Å². The van der Waals surface area contributed by atoms with Crippen LogP contribution in [0.5, 0.6) is 5.75 Å². The van der Waals surface area contributed by atoms with Gasteiger partial charge in [0.05, 0.1) is 5.69 Å². The molecule has 0 bridgehead atoms. The van der Waals surface area contributed by atoms with Crippen LogP contribution in [0.15, 0.2) is 30.3 Å². The lowest BCUT2D eigenvalue weighted by atomic mass is 9.97. The molecule has 1 aromatic carbocycles. The number of aromatic nitrogens is 1. The van der Waals surface area contributed by atoms with E-state index in [1.807, 2.05) is 42.2 Å². The van der Waals surface area contributed by atoms with Gasteiger partial charge in [-0.25, -0.2) is 4.98 Å². The van der Waals surface area contributed by atoms with Crippen LogP contribution in [-0.2, 0) is 6.61 Å². The third-order valence-corrected chi connectivity index (χ3v) is 5.69. The van der Waals surface area contributed by atoms with Crippen LogP contribution >= 0.6 is 11.3 Å². The number of hydrogen-bond donors (Lipinski definition) is 0. The molecule has 4 nitrogen and oxygen atoms in total. The average Bonchev–Trinajstić information content (AvgIpc) is 2.94.